The van der Waals surface area contributed by atoms with Crippen molar-refractivity contribution in [2.75, 3.05) is 68.7 Å². The molecule has 4 fully saturated rings. The van der Waals surface area contributed by atoms with Crippen LogP contribution < -0.4 is 29.7 Å². The second kappa shape index (κ2) is 26.3. The highest BCUT2D eigenvalue weighted by atomic mass is 19.4. The van der Waals surface area contributed by atoms with E-state index in [-0.39, 0.29) is 43.8 Å². The molecule has 76 heavy (non-hydrogen) atoms. The van der Waals surface area contributed by atoms with E-state index in [1.165, 1.54) is 55.1 Å². The Bertz CT molecular complexity index is 2660. The van der Waals surface area contributed by atoms with Crippen molar-refractivity contribution in [3.8, 4) is 17.2 Å². The number of epoxide rings is 3. The van der Waals surface area contributed by atoms with E-state index >= 15 is 0 Å². The van der Waals surface area contributed by atoms with Crippen molar-refractivity contribution in [1.29, 1.82) is 0 Å². The van der Waals surface area contributed by atoms with Gasteiger partial charge in [-0.05, 0) is 117 Å². The second-order valence-corrected chi connectivity index (χ2v) is 18.7. The monoisotopic (exact) mass is 1060 g/mol. The Balaban J connectivity index is 0.000000344. The first-order valence-corrected chi connectivity index (χ1v) is 24.8. The molecule has 7 unspecified atom stereocenters. The van der Waals surface area contributed by atoms with Gasteiger partial charge in [-0.25, -0.2) is 9.59 Å². The minimum atomic E-state index is -4.19. The zero-order chi connectivity index (χ0) is 54.4. The zero-order valence-corrected chi connectivity index (χ0v) is 41.8. The van der Waals surface area contributed by atoms with Gasteiger partial charge < -0.3 is 58.9 Å². The van der Waals surface area contributed by atoms with Gasteiger partial charge in [-0.1, -0.05) is 18.2 Å². The lowest BCUT2D eigenvalue weighted by Crippen LogP contribution is -2.35. The summed E-state index contributed by atoms with van der Waals surface area (Å²) in [6, 6.07) is 25.2. The third-order valence-electron chi connectivity index (χ3n) is 12.8. The van der Waals surface area contributed by atoms with Crippen LogP contribution >= 0.6 is 0 Å². The van der Waals surface area contributed by atoms with Gasteiger partial charge in [0.05, 0.1) is 56.0 Å². The minimum absolute atomic E-state index is 0.0343. The second-order valence-electron chi connectivity index (χ2n) is 18.7. The van der Waals surface area contributed by atoms with E-state index < -0.39 is 78.3 Å². The van der Waals surface area contributed by atoms with E-state index in [1.54, 1.807) is 43.4 Å². The summed E-state index contributed by atoms with van der Waals surface area (Å²) < 4.78 is 74.4. The van der Waals surface area contributed by atoms with Crippen LogP contribution in [0.2, 0.25) is 0 Å². The zero-order valence-electron chi connectivity index (χ0n) is 41.8. The molecule has 1 amide bonds. The van der Waals surface area contributed by atoms with Crippen LogP contribution in [0.15, 0.2) is 97.1 Å². The number of halogens is 3. The van der Waals surface area contributed by atoms with Crippen LogP contribution in [0.3, 0.4) is 0 Å². The number of hydrogen-bond acceptors (Lipinski definition) is 15. The predicted octanol–water partition coefficient (Wildman–Crippen LogP) is 7.84. The van der Waals surface area contributed by atoms with E-state index in [1.807, 2.05) is 12.1 Å². The molecule has 8 rings (SSSR count). The third kappa shape index (κ3) is 17.8. The maximum absolute atomic E-state index is 13.2. The molecule has 18 nitrogen and oxygen atoms in total. The van der Waals surface area contributed by atoms with Crippen molar-refractivity contribution < 1.29 is 85.3 Å². The highest BCUT2D eigenvalue weighted by Gasteiger charge is 2.52. The van der Waals surface area contributed by atoms with Crippen molar-refractivity contribution in [2.24, 2.45) is 23.7 Å². The molecule has 0 spiro atoms. The summed E-state index contributed by atoms with van der Waals surface area (Å²) in [5.41, 5.74) is 3.37. The number of unbranched alkanes of at least 4 members (excludes halogenated alkanes) is 1. The number of esters is 2. The molecule has 1 saturated carbocycles. The normalized spacial score (nSPS) is 21.0. The van der Waals surface area contributed by atoms with E-state index in [2.05, 4.69) is 27.7 Å². The van der Waals surface area contributed by atoms with Gasteiger partial charge in [-0.2, -0.15) is 13.2 Å². The van der Waals surface area contributed by atoms with Gasteiger partial charge in [0.25, 0.3) is 0 Å². The van der Waals surface area contributed by atoms with Gasteiger partial charge in [0.15, 0.2) is 0 Å². The maximum Gasteiger partial charge on any atom is 0.389 e. The van der Waals surface area contributed by atoms with Crippen LogP contribution in [0, 0.1) is 23.7 Å². The van der Waals surface area contributed by atoms with Crippen LogP contribution in [0.4, 0.5) is 30.2 Å². The number of carboxylic acids is 2. The molecule has 0 aromatic heterocycles. The molecule has 4 aliphatic rings. The van der Waals surface area contributed by atoms with E-state index in [9.17, 15) is 52.2 Å². The number of carbonyl (C=O) groups excluding carboxylic acids is 4. The molecule has 4 N–H and O–H groups in total. The van der Waals surface area contributed by atoms with E-state index in [0.717, 1.165) is 38.7 Å². The minimum Gasteiger partial charge on any atom is -0.494 e. The Morgan fingerprint density at radius 1 is 0.776 bits per heavy atom. The number of carboxylic acid groups (broad SMARTS) is 2. The first-order chi connectivity index (χ1) is 36.4. The number of anilines is 3. The summed E-state index contributed by atoms with van der Waals surface area (Å²) in [5, 5.41) is 24.7. The number of hydrogen-bond donors (Lipinski definition) is 4. The largest absolute Gasteiger partial charge is 0.494 e. The van der Waals surface area contributed by atoms with Gasteiger partial charge in [0.2, 0.25) is 5.91 Å². The molecule has 3 aliphatic heterocycles. The summed E-state index contributed by atoms with van der Waals surface area (Å²) in [7, 11) is 1.61. The number of nitrogens with zero attached hydrogens (tertiary/aromatic N) is 1. The van der Waals surface area contributed by atoms with Crippen molar-refractivity contribution in [2.45, 2.75) is 70.1 Å². The highest BCUT2D eigenvalue weighted by Crippen LogP contribution is 2.45. The first-order valence-electron chi connectivity index (χ1n) is 24.8. The molecular formula is C55H60F3N3O15. The molecular weight excluding hydrogens is 1000 g/mol. The highest BCUT2D eigenvalue weighted by molar-refractivity contribution is 5.98. The predicted molar refractivity (Wildman–Crippen MR) is 269 cm³/mol. The average molecular weight is 1060 g/mol. The topological polar surface area (TPSA) is 245 Å². The molecule has 7 atom stereocenters. The summed E-state index contributed by atoms with van der Waals surface area (Å²) >= 11 is 0. The van der Waals surface area contributed by atoms with Crippen LogP contribution in [0.5, 0.6) is 17.2 Å². The van der Waals surface area contributed by atoms with Crippen LogP contribution in [0.1, 0.15) is 60.5 Å². The van der Waals surface area contributed by atoms with Crippen molar-refractivity contribution in [3.63, 3.8) is 0 Å². The van der Waals surface area contributed by atoms with Crippen molar-refractivity contribution in [3.05, 3.63) is 114 Å². The van der Waals surface area contributed by atoms with E-state index in [4.69, 9.17) is 33.2 Å². The fourth-order valence-corrected chi connectivity index (χ4v) is 8.74. The summed E-state index contributed by atoms with van der Waals surface area (Å²) in [5.74, 6) is -7.85. The fraction of sp³-hybridized carbons (Fsp3) is 0.418. The molecule has 21 heteroatoms. The third-order valence-corrected chi connectivity index (χ3v) is 12.8. The Morgan fingerprint density at radius 2 is 1.39 bits per heavy atom. The molecule has 4 aromatic rings. The number of carbonyl (C=O) groups is 6. The summed E-state index contributed by atoms with van der Waals surface area (Å²) in [6.07, 6.45) is -1.60. The number of alkyl halides is 3. The molecule has 3 saturated heterocycles. The fourth-order valence-electron chi connectivity index (χ4n) is 8.74. The number of ether oxygens (including phenoxy) is 7. The van der Waals surface area contributed by atoms with Gasteiger partial charge in [-0.3, -0.25) is 19.2 Å². The van der Waals surface area contributed by atoms with Gasteiger partial charge in [-0.15, -0.1) is 0 Å². The average Bonchev–Trinajstić information content (AvgIpc) is 4.29. The molecule has 4 aromatic carbocycles. The van der Waals surface area contributed by atoms with Crippen LogP contribution in [-0.4, -0.2) is 123 Å². The molecule has 3 heterocycles. The Hall–Kier alpha value is -7.49. The number of benzene rings is 4. The molecule has 406 valence electrons. The number of Topliss-reactive ketones (excluding diaryl/α,β-unsaturated/α-hetero) is 1. The number of rotatable bonds is 26. The lowest BCUT2D eigenvalue weighted by atomic mass is 9.83. The molecule has 1 aliphatic carbocycles. The van der Waals surface area contributed by atoms with E-state index in [0.29, 0.717) is 53.2 Å². The molecule has 0 radical (unpaired) electrons. The lowest BCUT2D eigenvalue weighted by Gasteiger charge is -2.23. The Labute approximate surface area is 436 Å². The van der Waals surface area contributed by atoms with Gasteiger partial charge in [0, 0.05) is 67.6 Å². The Morgan fingerprint density at radius 3 is 1.97 bits per heavy atom. The maximum atomic E-state index is 13.2. The summed E-state index contributed by atoms with van der Waals surface area (Å²) in [4.78, 5) is 76.4. The lowest BCUT2D eigenvalue weighted by molar-refractivity contribution is -0.149. The standard InChI is InChI=1S/C40H41F3N2O11.C15H19NO4/c1-23(46)35-27(20-33(47)48)19-31(36(35)38(51)52)37(50)45-28-11-10-26(32(21-28)44-2)22-55-34(49)16-7-24-5-8-25(9-6-24)39(53)56-30-14-12-29(13-15-30)54-18-4-3-17-40(41,42)43;1-3-12(17-9-15-10-20-15)4-2-11(1)16(5-13-7-18-13)6-14-8-19-14/h5-16,21,27,31,35-36,44H,3-4,17-20,22H2,1-2H3,(H,45,50)(H,47,48)(H,51,52);1-4,13-15H,5-10H2/b16-7+;. The van der Waals surface area contributed by atoms with Crippen LogP contribution in [-0.2, 0) is 49.5 Å². The van der Waals surface area contributed by atoms with Gasteiger partial charge in [0.1, 0.15) is 42.3 Å². The smallest absolute Gasteiger partial charge is 0.389 e. The number of nitrogens with one attached hydrogen (secondary N) is 2. The quantitative estimate of drug-likeness (QED) is 0.0154. The molecule has 0 bridgehead atoms. The van der Waals surface area contributed by atoms with Gasteiger partial charge >= 0.3 is 30.1 Å². The van der Waals surface area contributed by atoms with Crippen molar-refractivity contribution >= 4 is 58.7 Å². The summed E-state index contributed by atoms with van der Waals surface area (Å²) in [6.45, 7) is 6.29. The number of ketones is 1. The Kier molecular flexibility index (Phi) is 19.5. The number of amides is 1. The SMILES string of the molecule is CNc1cc(NC(=O)C2CC(CC(=O)O)C(C(C)=O)C2C(=O)O)ccc1COC(=O)/C=C/c1ccc(C(=O)Oc2ccc(OCCCCC(F)(F)F)cc2)cc1.c1cc(N(CC2CO2)CC2CO2)ccc1OCC1CO1. The number of aliphatic carboxylic acids is 2. The van der Waals surface area contributed by atoms with Crippen LogP contribution in [0.25, 0.3) is 6.08 Å². The first kappa shape index (κ1) is 56.2. The van der Waals surface area contributed by atoms with Crippen molar-refractivity contribution in [1.82, 2.24) is 0 Å².